The molecule has 0 saturated carbocycles. The average molecular weight is 370 g/mol. The Morgan fingerprint density at radius 3 is 2.59 bits per heavy atom. The molecule has 0 radical (unpaired) electrons. The molecule has 0 aromatic carbocycles. The highest BCUT2D eigenvalue weighted by Gasteiger charge is 2.22. The first-order valence-corrected chi connectivity index (χ1v) is 7.29. The molecule has 118 valence electrons. The summed E-state index contributed by atoms with van der Waals surface area (Å²) in [5, 5.41) is 16.9. The van der Waals surface area contributed by atoms with Gasteiger partial charge in [0, 0.05) is 20.3 Å². The Labute approximate surface area is 135 Å². The number of likely N-dealkylation sites (N-methyl/N-ethyl adjacent to an activating group) is 1. The second-order valence-electron chi connectivity index (χ2n) is 4.95. The lowest BCUT2D eigenvalue weighted by molar-refractivity contribution is -0.133. The van der Waals surface area contributed by atoms with Crippen LogP contribution in [0.25, 0.3) is 0 Å². The van der Waals surface area contributed by atoms with Crippen molar-refractivity contribution in [3.8, 4) is 0 Å². The van der Waals surface area contributed by atoms with Gasteiger partial charge in [0.15, 0.2) is 0 Å². The molecule has 0 bridgehead atoms. The highest BCUT2D eigenvalue weighted by Crippen LogP contribution is 2.18. The normalized spacial score (nSPS) is 12.2. The van der Waals surface area contributed by atoms with Crippen LogP contribution in [-0.4, -0.2) is 48.5 Å². The summed E-state index contributed by atoms with van der Waals surface area (Å²) >= 11 is 3.39. The quantitative estimate of drug-likeness (QED) is 0.856. The topological polar surface area (TPSA) is 93.2 Å². The number of amides is 1. The number of rotatable bonds is 5. The number of aryl methyl sites for hydroxylation is 1. The summed E-state index contributed by atoms with van der Waals surface area (Å²) in [6, 6.07) is -0.592. The molecule has 1 atom stereocenters. The lowest BCUT2D eigenvalue weighted by Gasteiger charge is -2.21. The summed E-state index contributed by atoms with van der Waals surface area (Å²) in [5.41, 5.74) is 0.923. The Balaban J connectivity index is 2.10. The monoisotopic (exact) mass is 369 g/mol. The van der Waals surface area contributed by atoms with Crippen molar-refractivity contribution in [3.05, 3.63) is 34.3 Å². The zero-order chi connectivity index (χ0) is 16.4. The Morgan fingerprint density at radius 1 is 1.41 bits per heavy atom. The van der Waals surface area contributed by atoms with E-state index in [9.17, 15) is 9.59 Å². The Kier molecular flexibility index (Phi) is 4.65. The predicted molar refractivity (Wildman–Crippen MR) is 81.3 cm³/mol. The van der Waals surface area contributed by atoms with Crippen LogP contribution in [0.1, 0.15) is 29.0 Å². The average Bonchev–Trinajstić information content (AvgIpc) is 3.08. The number of halogens is 1. The molecule has 1 amide bonds. The Morgan fingerprint density at radius 2 is 2.09 bits per heavy atom. The minimum Gasteiger partial charge on any atom is -0.478 e. The van der Waals surface area contributed by atoms with E-state index < -0.39 is 12.0 Å². The van der Waals surface area contributed by atoms with Crippen molar-refractivity contribution in [3.63, 3.8) is 0 Å². The summed E-state index contributed by atoms with van der Waals surface area (Å²) in [5.74, 6) is -1.24. The van der Waals surface area contributed by atoms with Crippen LogP contribution in [0.2, 0.25) is 0 Å². The van der Waals surface area contributed by atoms with Crippen LogP contribution in [0.3, 0.4) is 0 Å². The van der Waals surface area contributed by atoms with Crippen molar-refractivity contribution in [2.75, 3.05) is 7.05 Å². The van der Waals surface area contributed by atoms with E-state index in [1.54, 1.807) is 36.8 Å². The largest absolute Gasteiger partial charge is 0.478 e. The van der Waals surface area contributed by atoms with E-state index >= 15 is 0 Å². The number of aromatic carboxylic acids is 1. The molecule has 1 unspecified atom stereocenters. The molecule has 2 rings (SSSR count). The van der Waals surface area contributed by atoms with Crippen molar-refractivity contribution in [2.45, 2.75) is 19.5 Å². The molecule has 0 aliphatic carbocycles. The molecular formula is C13H16BrN5O3. The van der Waals surface area contributed by atoms with Crippen LogP contribution in [-0.2, 0) is 18.4 Å². The third-order valence-electron chi connectivity index (χ3n) is 3.38. The van der Waals surface area contributed by atoms with E-state index in [-0.39, 0.29) is 11.5 Å². The summed E-state index contributed by atoms with van der Waals surface area (Å²) in [7, 11) is 3.48. The molecule has 9 heteroatoms. The highest BCUT2D eigenvalue weighted by molar-refractivity contribution is 9.10. The van der Waals surface area contributed by atoms with E-state index in [2.05, 4.69) is 26.1 Å². The van der Waals surface area contributed by atoms with E-state index in [0.717, 1.165) is 10.2 Å². The van der Waals surface area contributed by atoms with Gasteiger partial charge in [0.2, 0.25) is 5.91 Å². The first-order chi connectivity index (χ1) is 10.3. The Hall–Kier alpha value is -2.16. The van der Waals surface area contributed by atoms with Gasteiger partial charge in [0.25, 0.3) is 0 Å². The molecule has 0 spiro atoms. The standard InChI is InChI=1S/C13H16BrN5O3/c1-8(19-6-9(4-16-19)13(21)22)12(20)17(2)7-11-10(14)5-15-18(11)3/h4-6,8H,7H2,1-3H3,(H,21,22). The summed E-state index contributed by atoms with van der Waals surface area (Å²) in [6.45, 7) is 2.06. The number of hydrogen-bond donors (Lipinski definition) is 1. The first-order valence-electron chi connectivity index (χ1n) is 6.50. The van der Waals surface area contributed by atoms with Crippen LogP contribution >= 0.6 is 15.9 Å². The number of carboxylic acids is 1. The van der Waals surface area contributed by atoms with Gasteiger partial charge in [-0.15, -0.1) is 0 Å². The third kappa shape index (κ3) is 3.19. The number of hydrogen-bond acceptors (Lipinski definition) is 4. The summed E-state index contributed by atoms with van der Waals surface area (Å²) in [4.78, 5) is 24.9. The van der Waals surface area contributed by atoms with Gasteiger partial charge in [0.1, 0.15) is 6.04 Å². The van der Waals surface area contributed by atoms with Crippen LogP contribution in [0.5, 0.6) is 0 Å². The van der Waals surface area contributed by atoms with E-state index in [4.69, 9.17) is 5.11 Å². The van der Waals surface area contributed by atoms with E-state index in [0.29, 0.717) is 6.54 Å². The number of carbonyl (C=O) groups excluding carboxylic acids is 1. The number of aromatic nitrogens is 4. The van der Waals surface area contributed by atoms with Crippen LogP contribution in [0, 0.1) is 0 Å². The molecule has 0 saturated heterocycles. The number of carbonyl (C=O) groups is 2. The summed E-state index contributed by atoms with van der Waals surface area (Å²) in [6.07, 6.45) is 4.24. The number of nitrogens with zero attached hydrogens (tertiary/aromatic N) is 5. The zero-order valence-electron chi connectivity index (χ0n) is 12.4. The van der Waals surface area contributed by atoms with Gasteiger partial charge < -0.3 is 10.0 Å². The smallest absolute Gasteiger partial charge is 0.338 e. The van der Waals surface area contributed by atoms with Gasteiger partial charge in [0.05, 0.1) is 34.7 Å². The highest BCUT2D eigenvalue weighted by atomic mass is 79.9. The van der Waals surface area contributed by atoms with Crippen molar-refractivity contribution in [1.82, 2.24) is 24.5 Å². The SMILES string of the molecule is CC(C(=O)N(C)Cc1c(Br)cnn1C)n1cc(C(=O)O)cn1. The Bertz CT molecular complexity index is 689. The predicted octanol–water partition coefficient (Wildman–Crippen LogP) is 1.30. The van der Waals surface area contributed by atoms with Gasteiger partial charge >= 0.3 is 5.97 Å². The molecule has 22 heavy (non-hydrogen) atoms. The maximum absolute atomic E-state index is 12.4. The fourth-order valence-electron chi connectivity index (χ4n) is 2.01. The van der Waals surface area contributed by atoms with Crippen molar-refractivity contribution < 1.29 is 14.7 Å². The van der Waals surface area contributed by atoms with Crippen molar-refractivity contribution >= 4 is 27.8 Å². The molecule has 2 heterocycles. The molecular weight excluding hydrogens is 354 g/mol. The van der Waals surface area contributed by atoms with Gasteiger partial charge in [-0.05, 0) is 22.9 Å². The lowest BCUT2D eigenvalue weighted by Crippen LogP contribution is -2.33. The maximum atomic E-state index is 12.4. The second-order valence-corrected chi connectivity index (χ2v) is 5.80. The van der Waals surface area contributed by atoms with E-state index in [1.807, 2.05) is 0 Å². The number of carboxylic acid groups (broad SMARTS) is 1. The fourth-order valence-corrected chi connectivity index (χ4v) is 2.48. The van der Waals surface area contributed by atoms with Gasteiger partial charge in [-0.3, -0.25) is 14.2 Å². The third-order valence-corrected chi connectivity index (χ3v) is 4.04. The van der Waals surface area contributed by atoms with Gasteiger partial charge in [-0.2, -0.15) is 10.2 Å². The van der Waals surface area contributed by atoms with Crippen molar-refractivity contribution in [2.24, 2.45) is 7.05 Å². The zero-order valence-corrected chi connectivity index (χ0v) is 14.0. The van der Waals surface area contributed by atoms with Crippen LogP contribution in [0.15, 0.2) is 23.1 Å². The minimum atomic E-state index is -1.07. The maximum Gasteiger partial charge on any atom is 0.338 e. The molecule has 0 aliphatic heterocycles. The van der Waals surface area contributed by atoms with E-state index in [1.165, 1.54) is 17.1 Å². The molecule has 2 aromatic heterocycles. The molecule has 8 nitrogen and oxygen atoms in total. The molecule has 1 N–H and O–H groups in total. The van der Waals surface area contributed by atoms with Gasteiger partial charge in [-0.1, -0.05) is 0 Å². The minimum absolute atomic E-state index is 0.0525. The second kappa shape index (κ2) is 6.30. The van der Waals surface area contributed by atoms with Crippen LogP contribution < -0.4 is 0 Å². The molecule has 2 aromatic rings. The molecule has 0 aliphatic rings. The lowest BCUT2D eigenvalue weighted by atomic mass is 10.2. The van der Waals surface area contributed by atoms with Gasteiger partial charge in [-0.25, -0.2) is 4.79 Å². The van der Waals surface area contributed by atoms with Crippen LogP contribution in [0.4, 0.5) is 0 Å². The fraction of sp³-hybridized carbons (Fsp3) is 0.385. The molecule has 0 fully saturated rings. The van der Waals surface area contributed by atoms with Crippen molar-refractivity contribution in [1.29, 1.82) is 0 Å². The first kappa shape index (κ1) is 16.2. The summed E-state index contributed by atoms with van der Waals surface area (Å²) < 4.78 is 3.87.